The lowest BCUT2D eigenvalue weighted by molar-refractivity contribution is -0.0398. The van der Waals surface area contributed by atoms with Crippen LogP contribution in [0, 0.1) is 0 Å². The Hall–Kier alpha value is -3.31. The van der Waals surface area contributed by atoms with Gasteiger partial charge in [0, 0.05) is 6.42 Å². The summed E-state index contributed by atoms with van der Waals surface area (Å²) in [4.78, 5) is 23.0. The fourth-order valence-corrected chi connectivity index (χ4v) is 9.73. The van der Waals surface area contributed by atoms with E-state index in [9.17, 15) is 9.90 Å². The molecule has 3 heterocycles. The monoisotopic (exact) mass is 505 g/mol. The number of imidazole rings is 1. The highest BCUT2D eigenvalue weighted by atomic mass is 28.4. The zero-order chi connectivity index (χ0) is 25.5. The van der Waals surface area contributed by atoms with Crippen molar-refractivity contribution in [3.63, 3.8) is 0 Å². The third kappa shape index (κ3) is 4.15. The summed E-state index contributed by atoms with van der Waals surface area (Å²) in [7, 11) is -2.78. The van der Waals surface area contributed by atoms with E-state index in [0.29, 0.717) is 12.1 Å². The summed E-state index contributed by atoms with van der Waals surface area (Å²) in [5.41, 5.74) is 5.82. The number of aliphatic hydroxyl groups is 1. The van der Waals surface area contributed by atoms with Crippen molar-refractivity contribution < 1.29 is 14.3 Å². The molecule has 0 amide bonds. The van der Waals surface area contributed by atoms with Crippen molar-refractivity contribution in [2.24, 2.45) is 0 Å². The van der Waals surface area contributed by atoms with E-state index in [1.807, 2.05) is 36.4 Å². The van der Waals surface area contributed by atoms with E-state index in [-0.39, 0.29) is 23.1 Å². The van der Waals surface area contributed by atoms with Crippen molar-refractivity contribution in [2.45, 2.75) is 50.7 Å². The van der Waals surface area contributed by atoms with Gasteiger partial charge in [0.05, 0.1) is 19.0 Å². The van der Waals surface area contributed by atoms with Gasteiger partial charge < -0.3 is 20.0 Å². The first kappa shape index (κ1) is 24.4. The number of aliphatic hydroxyl groups excluding tert-OH is 1. The van der Waals surface area contributed by atoms with Gasteiger partial charge in [-0.15, -0.1) is 0 Å². The van der Waals surface area contributed by atoms with E-state index < -0.39 is 32.3 Å². The van der Waals surface area contributed by atoms with Crippen LogP contribution < -0.4 is 21.7 Å². The van der Waals surface area contributed by atoms with Crippen molar-refractivity contribution in [3.05, 3.63) is 77.3 Å². The van der Waals surface area contributed by atoms with Crippen LogP contribution in [0.4, 0.5) is 5.95 Å². The molecule has 2 aromatic carbocycles. The molecule has 0 saturated carbocycles. The Morgan fingerprint density at radius 3 is 2.33 bits per heavy atom. The molecule has 188 valence electrons. The zero-order valence-corrected chi connectivity index (χ0v) is 21.6. The smallest absolute Gasteiger partial charge is 0.280 e. The average Bonchev–Trinajstić information content (AvgIpc) is 3.43. The van der Waals surface area contributed by atoms with E-state index in [4.69, 9.17) is 14.9 Å². The molecule has 1 aliphatic rings. The number of nitrogens with one attached hydrogen (secondary N) is 1. The van der Waals surface area contributed by atoms with E-state index in [1.54, 1.807) is 4.57 Å². The number of fused-ring (bicyclic) bond motifs is 1. The number of aromatic amines is 1. The van der Waals surface area contributed by atoms with Crippen LogP contribution in [0.2, 0.25) is 5.04 Å². The van der Waals surface area contributed by atoms with Gasteiger partial charge in [0.25, 0.3) is 13.9 Å². The normalized spacial score (nSPS) is 20.7. The Kier molecular flexibility index (Phi) is 6.29. The molecule has 0 spiro atoms. The van der Waals surface area contributed by atoms with Gasteiger partial charge in [0.1, 0.15) is 12.3 Å². The van der Waals surface area contributed by atoms with E-state index >= 15 is 0 Å². The summed E-state index contributed by atoms with van der Waals surface area (Å²) in [6.07, 6.45) is -0.0612. The van der Waals surface area contributed by atoms with Gasteiger partial charge in [-0.3, -0.25) is 14.3 Å². The summed E-state index contributed by atoms with van der Waals surface area (Å²) in [6, 6.07) is 20.7. The summed E-state index contributed by atoms with van der Waals surface area (Å²) < 4.78 is 14.9. The minimum Gasteiger partial charge on any atom is -0.405 e. The SMILES string of the molecule is CC(C)(C)[Si](OC[C@H]1O[C@@H](n2cnc3c(=O)[nH]c(N)nc32)CC1O)(c1ccccc1)c1ccccc1. The molecule has 4 N–H and O–H groups in total. The second-order valence-corrected chi connectivity index (χ2v) is 14.5. The lowest BCUT2D eigenvalue weighted by Crippen LogP contribution is -2.67. The first-order valence-electron chi connectivity index (χ1n) is 12.0. The number of anilines is 1. The third-order valence-electron chi connectivity index (χ3n) is 6.85. The van der Waals surface area contributed by atoms with Crippen LogP contribution >= 0.6 is 0 Å². The fraction of sp³-hybridized carbons (Fsp3) is 0.346. The molecule has 1 aliphatic heterocycles. The number of ether oxygens (including phenoxy) is 1. The number of hydrogen-bond acceptors (Lipinski definition) is 7. The van der Waals surface area contributed by atoms with Gasteiger partial charge >= 0.3 is 0 Å². The molecule has 3 atom stereocenters. The lowest BCUT2D eigenvalue weighted by atomic mass is 10.2. The van der Waals surface area contributed by atoms with Crippen LogP contribution in [0.15, 0.2) is 71.8 Å². The lowest BCUT2D eigenvalue weighted by Gasteiger charge is -2.43. The molecule has 10 heteroatoms. The molecule has 1 fully saturated rings. The second-order valence-electron chi connectivity index (χ2n) is 10.2. The van der Waals surface area contributed by atoms with Crippen LogP contribution in [0.1, 0.15) is 33.4 Å². The molecule has 5 rings (SSSR count). The quantitative estimate of drug-likeness (QED) is 0.342. The van der Waals surface area contributed by atoms with Gasteiger partial charge in [-0.25, -0.2) is 4.98 Å². The number of aromatic nitrogens is 4. The highest BCUT2D eigenvalue weighted by Crippen LogP contribution is 2.38. The Labute approximate surface area is 210 Å². The summed E-state index contributed by atoms with van der Waals surface area (Å²) in [5.74, 6) is -0.000591. The number of benzene rings is 2. The number of nitrogens with two attached hydrogens (primary N) is 1. The van der Waals surface area contributed by atoms with Crippen LogP contribution in [0.25, 0.3) is 11.2 Å². The molecule has 4 aromatic rings. The van der Waals surface area contributed by atoms with Gasteiger partial charge in [-0.1, -0.05) is 81.4 Å². The number of H-pyrrole nitrogens is 1. The van der Waals surface area contributed by atoms with Crippen LogP contribution in [-0.2, 0) is 9.16 Å². The predicted octanol–water partition coefficient (Wildman–Crippen LogP) is 1.93. The minimum atomic E-state index is -2.78. The van der Waals surface area contributed by atoms with E-state index in [2.05, 4.69) is 60.0 Å². The van der Waals surface area contributed by atoms with Crippen LogP contribution in [-0.4, -0.2) is 51.8 Å². The van der Waals surface area contributed by atoms with E-state index in [0.717, 1.165) is 10.4 Å². The first-order chi connectivity index (χ1) is 17.2. The molecule has 0 radical (unpaired) electrons. The average molecular weight is 506 g/mol. The molecule has 0 aliphatic carbocycles. The standard InChI is InChI=1S/C26H31N5O4Si/c1-26(2,3)36(17-10-6-4-7-11-17,18-12-8-5-9-13-18)34-15-20-19(32)14-21(35-20)31-16-28-22-23(31)29-25(27)30-24(22)33/h4-13,16,19-21,32H,14-15H2,1-3H3,(H3,27,29,30,33)/t19?,20-,21-/m1/s1. The van der Waals surface area contributed by atoms with Crippen molar-refractivity contribution in [3.8, 4) is 0 Å². The molecule has 1 saturated heterocycles. The van der Waals surface area contributed by atoms with Gasteiger partial charge in [-0.05, 0) is 15.4 Å². The Morgan fingerprint density at radius 2 is 1.75 bits per heavy atom. The van der Waals surface area contributed by atoms with Crippen molar-refractivity contribution >= 4 is 35.8 Å². The van der Waals surface area contributed by atoms with Crippen LogP contribution in [0.5, 0.6) is 0 Å². The van der Waals surface area contributed by atoms with Crippen molar-refractivity contribution in [1.29, 1.82) is 0 Å². The minimum absolute atomic E-state index is 0.000591. The third-order valence-corrected chi connectivity index (χ3v) is 11.9. The maximum atomic E-state index is 12.2. The first-order valence-corrected chi connectivity index (χ1v) is 13.9. The van der Waals surface area contributed by atoms with E-state index in [1.165, 1.54) is 6.33 Å². The number of nitrogen functional groups attached to an aromatic ring is 1. The maximum Gasteiger partial charge on any atom is 0.280 e. The predicted molar refractivity (Wildman–Crippen MR) is 141 cm³/mol. The number of hydrogen-bond donors (Lipinski definition) is 3. The molecule has 36 heavy (non-hydrogen) atoms. The molecule has 2 aromatic heterocycles. The number of rotatable bonds is 6. The van der Waals surface area contributed by atoms with Gasteiger partial charge in [0.2, 0.25) is 5.95 Å². The van der Waals surface area contributed by atoms with Crippen LogP contribution in [0.3, 0.4) is 0 Å². The van der Waals surface area contributed by atoms with Gasteiger partial charge in [0.15, 0.2) is 11.2 Å². The molecular weight excluding hydrogens is 474 g/mol. The molecule has 9 nitrogen and oxygen atoms in total. The molecule has 0 bridgehead atoms. The zero-order valence-electron chi connectivity index (χ0n) is 20.6. The second kappa shape index (κ2) is 9.29. The molecule has 1 unspecified atom stereocenters. The van der Waals surface area contributed by atoms with Gasteiger partial charge in [-0.2, -0.15) is 4.98 Å². The highest BCUT2D eigenvalue weighted by molar-refractivity contribution is 6.99. The van der Waals surface area contributed by atoms with Crippen molar-refractivity contribution in [1.82, 2.24) is 19.5 Å². The largest absolute Gasteiger partial charge is 0.405 e. The van der Waals surface area contributed by atoms with Crippen molar-refractivity contribution in [2.75, 3.05) is 12.3 Å². The fourth-order valence-electron chi connectivity index (χ4n) is 5.16. The summed E-state index contributed by atoms with van der Waals surface area (Å²) in [6.45, 7) is 6.84. The topological polar surface area (TPSA) is 128 Å². The Morgan fingerprint density at radius 1 is 1.14 bits per heavy atom. The summed E-state index contributed by atoms with van der Waals surface area (Å²) in [5, 5.41) is 13.1. The molecular formula is C26H31N5O4Si. The Bertz CT molecular complexity index is 1360. The maximum absolute atomic E-state index is 12.2. The number of nitrogens with zero attached hydrogens (tertiary/aromatic N) is 3. The Balaban J connectivity index is 1.46. The summed E-state index contributed by atoms with van der Waals surface area (Å²) >= 11 is 0. The highest BCUT2D eigenvalue weighted by Gasteiger charge is 2.51.